The van der Waals surface area contributed by atoms with Gasteiger partial charge in [-0.15, -0.1) is 0 Å². The molecular formula is C22H21N3O3. The third-order valence-electron chi connectivity index (χ3n) is 5.17. The third-order valence-corrected chi connectivity index (χ3v) is 5.17. The Morgan fingerprint density at radius 2 is 1.68 bits per heavy atom. The lowest BCUT2D eigenvalue weighted by Gasteiger charge is -2.28. The molecule has 1 fully saturated rings. The number of nitrogens with zero attached hydrogens (tertiary/aromatic N) is 3. The van der Waals surface area contributed by atoms with Gasteiger partial charge in [-0.05, 0) is 29.7 Å². The monoisotopic (exact) mass is 375 g/mol. The van der Waals surface area contributed by atoms with Crippen LogP contribution in [0.1, 0.15) is 29.5 Å². The van der Waals surface area contributed by atoms with Crippen molar-refractivity contribution in [2.45, 2.75) is 24.9 Å². The summed E-state index contributed by atoms with van der Waals surface area (Å²) in [6.07, 6.45) is 6.06. The highest BCUT2D eigenvalue weighted by atomic mass is 16.3. The van der Waals surface area contributed by atoms with Gasteiger partial charge in [0.25, 0.3) is 5.91 Å². The van der Waals surface area contributed by atoms with Gasteiger partial charge in [-0.25, -0.2) is 4.98 Å². The fourth-order valence-electron chi connectivity index (χ4n) is 3.85. The van der Waals surface area contributed by atoms with Crippen LogP contribution in [0.3, 0.4) is 0 Å². The Morgan fingerprint density at radius 3 is 2.36 bits per heavy atom. The number of aromatic hydroxyl groups is 1. The quantitative estimate of drug-likeness (QED) is 0.672. The van der Waals surface area contributed by atoms with Gasteiger partial charge in [0.15, 0.2) is 0 Å². The van der Waals surface area contributed by atoms with Crippen molar-refractivity contribution >= 4 is 11.7 Å². The van der Waals surface area contributed by atoms with Crippen molar-refractivity contribution in [2.24, 2.45) is 0 Å². The number of hydrogen-bond acceptors (Lipinski definition) is 4. The molecule has 2 unspecified atom stereocenters. The number of phenols is 1. The number of imidazole rings is 1. The first-order valence-electron chi connectivity index (χ1n) is 9.29. The van der Waals surface area contributed by atoms with Gasteiger partial charge in [0.2, 0.25) is 5.78 Å². The average molecular weight is 375 g/mol. The van der Waals surface area contributed by atoms with Gasteiger partial charge in [-0.1, -0.05) is 42.5 Å². The second-order valence-corrected chi connectivity index (χ2v) is 6.94. The molecule has 142 valence electrons. The van der Waals surface area contributed by atoms with Crippen LogP contribution in [0, 0.1) is 0 Å². The van der Waals surface area contributed by atoms with E-state index in [1.54, 1.807) is 41.7 Å². The number of carbonyl (C=O) groups excluding carboxylic acids is 2. The van der Waals surface area contributed by atoms with E-state index in [-0.39, 0.29) is 11.8 Å². The Labute approximate surface area is 163 Å². The van der Waals surface area contributed by atoms with Gasteiger partial charge in [0.1, 0.15) is 5.75 Å². The lowest BCUT2D eigenvalue weighted by atomic mass is 9.86. The molecule has 0 bridgehead atoms. The van der Waals surface area contributed by atoms with Gasteiger partial charge in [0.05, 0.1) is 18.3 Å². The molecule has 0 saturated carbocycles. The molecule has 1 N–H and O–H groups in total. The normalized spacial score (nSPS) is 19.4. The maximum Gasteiger partial charge on any atom is 0.291 e. The minimum atomic E-state index is -0.580. The van der Waals surface area contributed by atoms with Crippen molar-refractivity contribution in [1.82, 2.24) is 14.5 Å². The van der Waals surface area contributed by atoms with Crippen molar-refractivity contribution < 1.29 is 14.7 Å². The molecule has 28 heavy (non-hydrogen) atoms. The van der Waals surface area contributed by atoms with E-state index in [0.29, 0.717) is 6.54 Å². The molecule has 3 aromatic rings. The lowest BCUT2D eigenvalue weighted by Crippen LogP contribution is -2.31. The number of aromatic nitrogens is 2. The molecule has 1 aromatic heterocycles. The fraction of sp³-hybridized carbons (Fsp3) is 0.227. The van der Waals surface area contributed by atoms with Gasteiger partial charge in [-0.3, -0.25) is 9.59 Å². The highest BCUT2D eigenvalue weighted by Gasteiger charge is 2.48. The summed E-state index contributed by atoms with van der Waals surface area (Å²) >= 11 is 0. The summed E-state index contributed by atoms with van der Waals surface area (Å²) in [6.45, 7) is 1.21. The predicted molar refractivity (Wildman–Crippen MR) is 104 cm³/mol. The lowest BCUT2D eigenvalue weighted by molar-refractivity contribution is -0.140. The Hall–Kier alpha value is -3.41. The Bertz CT molecular complexity index is 952. The first kappa shape index (κ1) is 18.0. The molecule has 1 aliphatic rings. The number of Topliss-reactive ketones (excluding diaryl/α,β-unsaturated/α-hetero) is 1. The molecule has 2 atom stereocenters. The summed E-state index contributed by atoms with van der Waals surface area (Å²) in [4.78, 5) is 31.5. The van der Waals surface area contributed by atoms with Gasteiger partial charge in [0, 0.05) is 25.5 Å². The first-order valence-corrected chi connectivity index (χ1v) is 9.29. The number of rotatable bonds is 6. The van der Waals surface area contributed by atoms with Gasteiger partial charge >= 0.3 is 0 Å². The molecular weight excluding hydrogens is 354 g/mol. The summed E-state index contributed by atoms with van der Waals surface area (Å²) < 4.78 is 1.96. The van der Waals surface area contributed by atoms with E-state index in [2.05, 4.69) is 4.98 Å². The summed E-state index contributed by atoms with van der Waals surface area (Å²) in [5.41, 5.74) is 1.67. The maximum atomic E-state index is 12.9. The summed E-state index contributed by atoms with van der Waals surface area (Å²) in [6, 6.07) is 15.8. The second-order valence-electron chi connectivity index (χ2n) is 6.94. The van der Waals surface area contributed by atoms with Crippen molar-refractivity contribution in [3.05, 3.63) is 84.4 Å². The van der Waals surface area contributed by atoms with Crippen LogP contribution in [0.25, 0.3) is 0 Å². The number of benzene rings is 2. The fourth-order valence-corrected chi connectivity index (χ4v) is 3.85. The Balaban J connectivity index is 1.64. The second kappa shape index (κ2) is 7.68. The van der Waals surface area contributed by atoms with E-state index < -0.39 is 17.6 Å². The maximum absolute atomic E-state index is 12.9. The van der Waals surface area contributed by atoms with E-state index in [9.17, 15) is 14.7 Å². The SMILES string of the molecule is O=C1C(=O)N(CCCn2ccnc2)C(c2ccccc2)C1c1ccc(O)cc1. The molecule has 1 amide bonds. The number of aryl methyl sites for hydroxylation is 1. The first-order chi connectivity index (χ1) is 13.6. The summed E-state index contributed by atoms with van der Waals surface area (Å²) in [7, 11) is 0. The van der Waals surface area contributed by atoms with Crippen LogP contribution < -0.4 is 0 Å². The van der Waals surface area contributed by atoms with Crippen LogP contribution in [0.15, 0.2) is 73.3 Å². The van der Waals surface area contributed by atoms with E-state index >= 15 is 0 Å². The number of likely N-dealkylation sites (tertiary alicyclic amines) is 1. The van der Waals surface area contributed by atoms with Crippen LogP contribution in [-0.4, -0.2) is 37.8 Å². The molecule has 1 saturated heterocycles. The molecule has 6 nitrogen and oxygen atoms in total. The van der Waals surface area contributed by atoms with E-state index in [0.717, 1.165) is 24.1 Å². The van der Waals surface area contributed by atoms with Crippen molar-refractivity contribution in [1.29, 1.82) is 0 Å². The third kappa shape index (κ3) is 3.41. The zero-order valence-electron chi connectivity index (χ0n) is 15.3. The summed E-state index contributed by atoms with van der Waals surface area (Å²) in [5, 5.41) is 9.59. The Kier molecular flexibility index (Phi) is 4.93. The molecule has 1 aliphatic heterocycles. The number of carbonyl (C=O) groups is 2. The minimum absolute atomic E-state index is 0.133. The number of hydrogen-bond donors (Lipinski definition) is 1. The number of ketones is 1. The van der Waals surface area contributed by atoms with E-state index in [1.165, 1.54) is 0 Å². The van der Waals surface area contributed by atoms with Crippen molar-refractivity contribution in [3.8, 4) is 5.75 Å². The molecule has 0 radical (unpaired) electrons. The predicted octanol–water partition coefficient (Wildman–Crippen LogP) is 2.92. The molecule has 2 heterocycles. The van der Waals surface area contributed by atoms with E-state index in [1.807, 2.05) is 41.1 Å². The highest BCUT2D eigenvalue weighted by Crippen LogP contribution is 2.42. The zero-order chi connectivity index (χ0) is 19.5. The van der Waals surface area contributed by atoms with Gasteiger partial charge in [-0.2, -0.15) is 0 Å². The molecule has 2 aromatic carbocycles. The summed E-state index contributed by atoms with van der Waals surface area (Å²) in [5.74, 6) is -1.29. The van der Waals surface area contributed by atoms with Crippen LogP contribution in [0.5, 0.6) is 5.75 Å². The molecule has 0 aliphatic carbocycles. The Morgan fingerprint density at radius 1 is 0.929 bits per heavy atom. The topological polar surface area (TPSA) is 75.4 Å². The van der Waals surface area contributed by atoms with Crippen molar-refractivity contribution in [3.63, 3.8) is 0 Å². The highest BCUT2D eigenvalue weighted by molar-refractivity contribution is 6.40. The largest absolute Gasteiger partial charge is 0.508 e. The smallest absolute Gasteiger partial charge is 0.291 e. The average Bonchev–Trinajstić information content (AvgIpc) is 3.32. The number of amides is 1. The zero-order valence-corrected chi connectivity index (χ0v) is 15.3. The van der Waals surface area contributed by atoms with E-state index in [4.69, 9.17) is 0 Å². The number of phenolic OH excluding ortho intramolecular Hbond substituents is 1. The van der Waals surface area contributed by atoms with Crippen LogP contribution >= 0.6 is 0 Å². The van der Waals surface area contributed by atoms with Crippen LogP contribution in [0.2, 0.25) is 0 Å². The molecule has 6 heteroatoms. The molecule has 0 spiro atoms. The standard InChI is InChI=1S/C22H21N3O3/c26-18-9-7-16(8-10-18)19-20(17-5-2-1-3-6-17)25(22(28)21(19)27)13-4-12-24-14-11-23-15-24/h1-3,5-11,14-15,19-20,26H,4,12-13H2. The molecule has 4 rings (SSSR count). The minimum Gasteiger partial charge on any atom is -0.508 e. The van der Waals surface area contributed by atoms with Gasteiger partial charge < -0.3 is 14.6 Å². The van der Waals surface area contributed by atoms with Crippen LogP contribution in [0.4, 0.5) is 0 Å². The van der Waals surface area contributed by atoms with Crippen molar-refractivity contribution in [2.75, 3.05) is 6.54 Å². The van der Waals surface area contributed by atoms with Crippen LogP contribution in [-0.2, 0) is 16.1 Å².